The fourth-order valence-electron chi connectivity index (χ4n) is 2.18. The van der Waals surface area contributed by atoms with Gasteiger partial charge in [0.15, 0.2) is 0 Å². The van der Waals surface area contributed by atoms with Crippen LogP contribution < -0.4 is 10.6 Å². The fraction of sp³-hybridized carbons (Fsp3) is 0.286. The van der Waals surface area contributed by atoms with Gasteiger partial charge in [-0.15, -0.1) is 0 Å². The summed E-state index contributed by atoms with van der Waals surface area (Å²) < 4.78 is 4.98. The summed E-state index contributed by atoms with van der Waals surface area (Å²) in [6.07, 6.45) is 0. The second-order valence-electron chi connectivity index (χ2n) is 4.53. The second-order valence-corrected chi connectivity index (χ2v) is 4.53. The maximum absolute atomic E-state index is 12.1. The average Bonchev–Trinajstić information content (AvgIpc) is 2.37. The number of benzene rings is 1. The lowest BCUT2D eigenvalue weighted by Gasteiger charge is -2.28. The van der Waals surface area contributed by atoms with Crippen LogP contribution in [-0.4, -0.2) is 28.8 Å². The molecule has 4 N–H and O–H groups in total. The third kappa shape index (κ3) is 2.91. The highest BCUT2D eigenvalue weighted by Crippen LogP contribution is 2.34. The zero-order valence-corrected chi connectivity index (χ0v) is 11.6. The Morgan fingerprint density at radius 3 is 2.71 bits per heavy atom. The molecule has 0 aromatic heterocycles. The molecular weight excluding hydrogens is 276 g/mol. The summed E-state index contributed by atoms with van der Waals surface area (Å²) in [6.45, 7) is 3.45. The quantitative estimate of drug-likeness (QED) is 0.628. The van der Waals surface area contributed by atoms with Crippen LogP contribution in [0.4, 0.5) is 4.79 Å². The third-order valence-corrected chi connectivity index (χ3v) is 3.09. The Morgan fingerprint density at radius 1 is 1.38 bits per heavy atom. The number of allylic oxidation sites excluding steroid dienone is 1. The fourth-order valence-corrected chi connectivity index (χ4v) is 2.18. The molecule has 0 saturated carbocycles. The van der Waals surface area contributed by atoms with Crippen molar-refractivity contribution in [3.8, 4) is 11.5 Å². The van der Waals surface area contributed by atoms with Crippen LogP contribution in [0.25, 0.3) is 0 Å². The first-order chi connectivity index (χ1) is 9.93. The lowest BCUT2D eigenvalue weighted by atomic mass is 9.95. The van der Waals surface area contributed by atoms with Gasteiger partial charge in [0.25, 0.3) is 0 Å². The number of ether oxygens (including phenoxy) is 1. The van der Waals surface area contributed by atoms with Gasteiger partial charge in [0.1, 0.15) is 11.5 Å². The van der Waals surface area contributed by atoms with Crippen LogP contribution in [0, 0.1) is 0 Å². The van der Waals surface area contributed by atoms with Crippen LogP contribution in [-0.2, 0) is 9.53 Å². The van der Waals surface area contributed by atoms with Gasteiger partial charge in [-0.1, -0.05) is 0 Å². The van der Waals surface area contributed by atoms with Gasteiger partial charge in [0.05, 0.1) is 18.2 Å². The lowest BCUT2D eigenvalue weighted by molar-refractivity contribution is -0.139. The predicted octanol–water partition coefficient (Wildman–Crippen LogP) is 1.29. The number of hydrogen-bond acceptors (Lipinski definition) is 5. The van der Waals surface area contributed by atoms with Gasteiger partial charge in [-0.3, -0.25) is 0 Å². The predicted molar refractivity (Wildman–Crippen MR) is 73.5 cm³/mol. The summed E-state index contributed by atoms with van der Waals surface area (Å²) in [7, 11) is 0. The molecule has 1 aliphatic heterocycles. The van der Waals surface area contributed by atoms with Crippen molar-refractivity contribution in [3.05, 3.63) is 35.0 Å². The maximum Gasteiger partial charge on any atom is 0.338 e. The van der Waals surface area contributed by atoms with E-state index in [4.69, 9.17) is 4.74 Å². The Hall–Kier alpha value is -2.70. The van der Waals surface area contributed by atoms with Gasteiger partial charge < -0.3 is 25.6 Å². The molecule has 1 aromatic rings. The first kappa shape index (κ1) is 14.7. The molecule has 0 aliphatic carbocycles. The minimum absolute atomic E-state index is 0.116. The van der Waals surface area contributed by atoms with E-state index in [0.717, 1.165) is 6.07 Å². The van der Waals surface area contributed by atoms with Gasteiger partial charge in [-0.05, 0) is 26.0 Å². The lowest BCUT2D eigenvalue weighted by Crippen LogP contribution is -2.45. The van der Waals surface area contributed by atoms with E-state index >= 15 is 0 Å². The van der Waals surface area contributed by atoms with E-state index in [1.165, 1.54) is 12.1 Å². The SMILES string of the molecule is CCOC(=O)C1=C(C)NC(=O)NC1c1ccc(O)cc1O. The summed E-state index contributed by atoms with van der Waals surface area (Å²) in [5.41, 5.74) is 0.858. The van der Waals surface area contributed by atoms with E-state index in [1.807, 2.05) is 0 Å². The molecule has 7 nitrogen and oxygen atoms in total. The number of aromatic hydroxyl groups is 2. The molecule has 21 heavy (non-hydrogen) atoms. The van der Waals surface area contributed by atoms with E-state index in [9.17, 15) is 19.8 Å². The smallest absolute Gasteiger partial charge is 0.338 e. The Kier molecular flexibility index (Phi) is 4.02. The maximum atomic E-state index is 12.1. The van der Waals surface area contributed by atoms with Crippen LogP contribution in [0.2, 0.25) is 0 Å². The zero-order valence-electron chi connectivity index (χ0n) is 11.6. The number of carbonyl (C=O) groups excluding carboxylic acids is 2. The molecule has 1 heterocycles. The first-order valence-corrected chi connectivity index (χ1v) is 6.41. The van der Waals surface area contributed by atoms with Crippen molar-refractivity contribution >= 4 is 12.0 Å². The summed E-state index contributed by atoms with van der Waals surface area (Å²) in [6, 6.07) is 2.60. The highest BCUT2D eigenvalue weighted by atomic mass is 16.5. The van der Waals surface area contributed by atoms with Gasteiger partial charge in [-0.25, -0.2) is 9.59 Å². The van der Waals surface area contributed by atoms with Crippen LogP contribution in [0.3, 0.4) is 0 Å². The number of rotatable bonds is 3. The molecule has 1 aromatic carbocycles. The van der Waals surface area contributed by atoms with Crippen LogP contribution in [0.15, 0.2) is 29.5 Å². The van der Waals surface area contributed by atoms with Crippen molar-refractivity contribution in [2.75, 3.05) is 6.61 Å². The van der Waals surface area contributed by atoms with Crippen LogP contribution in [0.1, 0.15) is 25.5 Å². The largest absolute Gasteiger partial charge is 0.508 e. The normalized spacial score (nSPS) is 18.0. The summed E-state index contributed by atoms with van der Waals surface area (Å²) >= 11 is 0. The number of phenols is 2. The molecule has 112 valence electrons. The van der Waals surface area contributed by atoms with E-state index in [0.29, 0.717) is 11.3 Å². The van der Waals surface area contributed by atoms with Crippen molar-refractivity contribution in [2.45, 2.75) is 19.9 Å². The monoisotopic (exact) mass is 292 g/mol. The number of carbonyl (C=O) groups is 2. The number of esters is 1. The molecule has 1 aliphatic rings. The van der Waals surface area contributed by atoms with Crippen LogP contribution >= 0.6 is 0 Å². The topological polar surface area (TPSA) is 108 Å². The third-order valence-electron chi connectivity index (χ3n) is 3.09. The first-order valence-electron chi connectivity index (χ1n) is 6.41. The zero-order chi connectivity index (χ0) is 15.6. The number of phenolic OH excluding ortho intramolecular Hbond substituents is 2. The molecule has 0 spiro atoms. The number of urea groups is 1. The highest BCUT2D eigenvalue weighted by Gasteiger charge is 2.33. The number of amides is 2. The van der Waals surface area contributed by atoms with Crippen molar-refractivity contribution in [1.82, 2.24) is 10.6 Å². The molecule has 0 fully saturated rings. The summed E-state index contributed by atoms with van der Waals surface area (Å²) in [4.78, 5) is 23.7. The van der Waals surface area contributed by atoms with Crippen molar-refractivity contribution in [3.63, 3.8) is 0 Å². The number of hydrogen-bond donors (Lipinski definition) is 4. The Balaban J connectivity index is 2.49. The molecule has 7 heteroatoms. The van der Waals surface area contributed by atoms with Gasteiger partial charge in [-0.2, -0.15) is 0 Å². The van der Waals surface area contributed by atoms with E-state index in [2.05, 4.69) is 10.6 Å². The highest BCUT2D eigenvalue weighted by molar-refractivity contribution is 5.95. The van der Waals surface area contributed by atoms with Gasteiger partial charge in [0, 0.05) is 17.3 Å². The Bertz CT molecular complexity index is 624. The van der Waals surface area contributed by atoms with Gasteiger partial charge >= 0.3 is 12.0 Å². The van der Waals surface area contributed by atoms with Crippen molar-refractivity contribution in [2.24, 2.45) is 0 Å². The Morgan fingerprint density at radius 2 is 2.10 bits per heavy atom. The minimum atomic E-state index is -0.849. The molecule has 1 unspecified atom stereocenters. The van der Waals surface area contributed by atoms with Crippen molar-refractivity contribution < 1.29 is 24.5 Å². The number of nitrogens with one attached hydrogen (secondary N) is 2. The van der Waals surface area contributed by atoms with Crippen molar-refractivity contribution in [1.29, 1.82) is 0 Å². The van der Waals surface area contributed by atoms with E-state index < -0.39 is 18.0 Å². The molecule has 0 saturated heterocycles. The van der Waals surface area contributed by atoms with E-state index in [1.54, 1.807) is 13.8 Å². The molecule has 0 bridgehead atoms. The van der Waals surface area contributed by atoms with Crippen LogP contribution in [0.5, 0.6) is 11.5 Å². The molecule has 0 radical (unpaired) electrons. The molecule has 1 atom stereocenters. The molecular formula is C14H16N2O5. The standard InChI is InChI=1S/C14H16N2O5/c1-3-21-13(19)11-7(2)15-14(20)16-12(11)9-5-4-8(17)6-10(9)18/h4-6,12,17-18H,3H2,1-2H3,(H2,15,16,20). The molecule has 2 amide bonds. The van der Waals surface area contributed by atoms with E-state index in [-0.39, 0.29) is 23.7 Å². The second kappa shape index (κ2) is 5.74. The Labute approximate surface area is 121 Å². The summed E-state index contributed by atoms with van der Waals surface area (Å²) in [5.74, 6) is -0.924. The molecule has 2 rings (SSSR count). The minimum Gasteiger partial charge on any atom is -0.508 e. The van der Waals surface area contributed by atoms with Gasteiger partial charge in [0.2, 0.25) is 0 Å². The summed E-state index contributed by atoms with van der Waals surface area (Å²) in [5, 5.41) is 24.3. The average molecular weight is 292 g/mol.